The molecule has 1 unspecified atom stereocenters. The molecule has 2 rings (SSSR count). The van der Waals surface area contributed by atoms with E-state index in [1.54, 1.807) is 13.0 Å². The van der Waals surface area contributed by atoms with E-state index in [2.05, 4.69) is 15.6 Å². The van der Waals surface area contributed by atoms with Crippen molar-refractivity contribution in [2.24, 2.45) is 0 Å². The first-order valence-corrected chi connectivity index (χ1v) is 5.90. The number of fused-ring (bicyclic) bond motifs is 1. The fourth-order valence-corrected chi connectivity index (χ4v) is 1.79. The first kappa shape index (κ1) is 13.0. The highest BCUT2D eigenvalue weighted by molar-refractivity contribution is 5.92. The molecule has 100 valence electrons. The maximum atomic E-state index is 11.8. The molecule has 0 radical (unpaired) electrons. The molecule has 0 aliphatic carbocycles. The fraction of sp³-hybridized carbons (Fsp3) is 0.333. The first-order valence-electron chi connectivity index (χ1n) is 5.90. The molecule has 0 bridgehead atoms. The zero-order chi connectivity index (χ0) is 14.0. The van der Waals surface area contributed by atoms with E-state index < -0.39 is 12.0 Å². The Morgan fingerprint density at radius 1 is 1.47 bits per heavy atom. The summed E-state index contributed by atoms with van der Waals surface area (Å²) in [6, 6.07) is 3.95. The van der Waals surface area contributed by atoms with Crippen LogP contribution in [-0.4, -0.2) is 38.5 Å². The number of likely N-dealkylation sites (N-methyl/N-ethyl adjacent to an activating group) is 1. The van der Waals surface area contributed by atoms with Crippen LogP contribution in [-0.2, 0) is 4.79 Å². The van der Waals surface area contributed by atoms with Crippen LogP contribution < -0.4 is 5.32 Å². The lowest BCUT2D eigenvalue weighted by molar-refractivity contribution is -0.123. The second kappa shape index (κ2) is 5.05. The Morgan fingerprint density at radius 2 is 2.21 bits per heavy atom. The van der Waals surface area contributed by atoms with Crippen molar-refractivity contribution in [3.63, 3.8) is 0 Å². The molecule has 2 N–H and O–H groups in total. The third kappa shape index (κ3) is 2.40. The number of hydrogen-bond donors (Lipinski definition) is 2. The van der Waals surface area contributed by atoms with Crippen LogP contribution in [0, 0.1) is 0 Å². The smallest absolute Gasteiger partial charge is 0.335 e. The largest absolute Gasteiger partial charge is 0.478 e. The maximum absolute atomic E-state index is 11.8. The van der Waals surface area contributed by atoms with Crippen LogP contribution in [0.5, 0.6) is 0 Å². The molecule has 0 spiro atoms. The predicted octanol–water partition coefficient (Wildman–Crippen LogP) is 0.827. The van der Waals surface area contributed by atoms with Crippen LogP contribution in [0.4, 0.5) is 0 Å². The summed E-state index contributed by atoms with van der Waals surface area (Å²) in [5.41, 5.74) is 1.22. The van der Waals surface area contributed by atoms with E-state index in [1.165, 1.54) is 16.8 Å². The monoisotopic (exact) mass is 262 g/mol. The van der Waals surface area contributed by atoms with Crippen molar-refractivity contribution >= 4 is 22.9 Å². The van der Waals surface area contributed by atoms with Gasteiger partial charge in [0.1, 0.15) is 11.6 Å². The number of hydrogen-bond acceptors (Lipinski definition) is 4. The van der Waals surface area contributed by atoms with Crippen LogP contribution in [0.2, 0.25) is 0 Å². The Kier molecular flexibility index (Phi) is 3.46. The van der Waals surface area contributed by atoms with Crippen molar-refractivity contribution in [2.75, 3.05) is 6.54 Å². The Labute approximate surface area is 109 Å². The number of carboxylic acid groups (broad SMARTS) is 1. The molecule has 0 fully saturated rings. The summed E-state index contributed by atoms with van der Waals surface area (Å²) in [4.78, 5) is 22.7. The normalized spacial score (nSPS) is 12.3. The van der Waals surface area contributed by atoms with Gasteiger partial charge in [0.15, 0.2) is 0 Å². The van der Waals surface area contributed by atoms with Gasteiger partial charge in [-0.15, -0.1) is 5.10 Å². The van der Waals surface area contributed by atoms with E-state index in [9.17, 15) is 9.59 Å². The summed E-state index contributed by atoms with van der Waals surface area (Å²) >= 11 is 0. The molecule has 1 atom stereocenters. The Morgan fingerprint density at radius 3 is 2.84 bits per heavy atom. The quantitative estimate of drug-likeness (QED) is 0.850. The molecular weight excluding hydrogens is 248 g/mol. The summed E-state index contributed by atoms with van der Waals surface area (Å²) in [6.07, 6.45) is 0. The molecule has 0 saturated carbocycles. The van der Waals surface area contributed by atoms with Gasteiger partial charge in [-0.2, -0.15) is 0 Å². The van der Waals surface area contributed by atoms with E-state index in [1.807, 2.05) is 6.92 Å². The average molecular weight is 262 g/mol. The molecule has 0 aliphatic rings. The number of nitrogens with one attached hydrogen (secondary N) is 1. The van der Waals surface area contributed by atoms with Crippen LogP contribution in [0.15, 0.2) is 18.2 Å². The van der Waals surface area contributed by atoms with Crippen molar-refractivity contribution < 1.29 is 14.7 Å². The van der Waals surface area contributed by atoms with E-state index >= 15 is 0 Å². The van der Waals surface area contributed by atoms with Gasteiger partial charge in [0.05, 0.1) is 11.1 Å². The third-order valence-electron chi connectivity index (χ3n) is 2.82. The fourth-order valence-electron chi connectivity index (χ4n) is 1.79. The average Bonchev–Trinajstić information content (AvgIpc) is 2.80. The lowest BCUT2D eigenvalue weighted by Gasteiger charge is -2.11. The number of aromatic nitrogens is 3. The third-order valence-corrected chi connectivity index (χ3v) is 2.82. The molecule has 19 heavy (non-hydrogen) atoms. The Bertz CT molecular complexity index is 635. The van der Waals surface area contributed by atoms with Crippen molar-refractivity contribution in [3.8, 4) is 0 Å². The highest BCUT2D eigenvalue weighted by atomic mass is 16.4. The molecule has 0 aliphatic heterocycles. The topological polar surface area (TPSA) is 97.1 Å². The summed E-state index contributed by atoms with van der Waals surface area (Å²) in [5.74, 6) is -1.21. The van der Waals surface area contributed by atoms with E-state index in [0.717, 1.165) is 0 Å². The van der Waals surface area contributed by atoms with Gasteiger partial charge >= 0.3 is 5.97 Å². The summed E-state index contributed by atoms with van der Waals surface area (Å²) < 4.78 is 1.42. The number of carboxylic acids is 1. The lowest BCUT2D eigenvalue weighted by Crippen LogP contribution is -2.31. The molecule has 1 aromatic heterocycles. The number of carbonyl (C=O) groups is 2. The van der Waals surface area contributed by atoms with Gasteiger partial charge in [-0.25, -0.2) is 9.48 Å². The molecule has 1 amide bonds. The summed E-state index contributed by atoms with van der Waals surface area (Å²) in [7, 11) is 0. The molecule has 1 heterocycles. The van der Waals surface area contributed by atoms with Crippen molar-refractivity contribution in [1.29, 1.82) is 0 Å². The zero-order valence-electron chi connectivity index (χ0n) is 10.6. The number of benzene rings is 1. The van der Waals surface area contributed by atoms with Crippen LogP contribution >= 0.6 is 0 Å². The van der Waals surface area contributed by atoms with Gasteiger partial charge in [0.2, 0.25) is 5.91 Å². The van der Waals surface area contributed by atoms with Crippen molar-refractivity contribution in [3.05, 3.63) is 23.8 Å². The molecule has 1 aromatic carbocycles. The van der Waals surface area contributed by atoms with E-state index in [0.29, 0.717) is 17.6 Å². The Hall–Kier alpha value is -2.44. The second-order valence-electron chi connectivity index (χ2n) is 4.11. The highest BCUT2D eigenvalue weighted by Crippen LogP contribution is 2.17. The number of amides is 1. The SMILES string of the molecule is CCNC(=O)C(C)n1nnc2ccc(C(=O)O)cc21. The number of carbonyl (C=O) groups excluding carboxylic acids is 1. The predicted molar refractivity (Wildman–Crippen MR) is 67.9 cm³/mol. The Balaban J connectivity index is 2.46. The van der Waals surface area contributed by atoms with Crippen LogP contribution in [0.25, 0.3) is 11.0 Å². The molecule has 0 saturated heterocycles. The van der Waals surface area contributed by atoms with E-state index in [-0.39, 0.29) is 11.5 Å². The van der Waals surface area contributed by atoms with Gasteiger partial charge in [-0.05, 0) is 32.0 Å². The standard InChI is InChI=1S/C12H14N4O3/c1-3-13-11(17)7(2)16-10-6-8(12(18)19)4-5-9(10)14-15-16/h4-7H,3H2,1-2H3,(H,13,17)(H,18,19). The first-order chi connectivity index (χ1) is 9.04. The minimum Gasteiger partial charge on any atom is -0.478 e. The van der Waals surface area contributed by atoms with Gasteiger partial charge in [-0.1, -0.05) is 5.21 Å². The minimum absolute atomic E-state index is 0.138. The lowest BCUT2D eigenvalue weighted by atomic mass is 10.2. The number of rotatable bonds is 4. The van der Waals surface area contributed by atoms with Crippen LogP contribution in [0.3, 0.4) is 0 Å². The molecular formula is C12H14N4O3. The van der Waals surface area contributed by atoms with Crippen LogP contribution in [0.1, 0.15) is 30.2 Å². The highest BCUT2D eigenvalue weighted by Gasteiger charge is 2.18. The van der Waals surface area contributed by atoms with Gasteiger partial charge in [0, 0.05) is 6.54 Å². The van der Waals surface area contributed by atoms with Crippen molar-refractivity contribution in [2.45, 2.75) is 19.9 Å². The minimum atomic E-state index is -1.03. The van der Waals surface area contributed by atoms with E-state index in [4.69, 9.17) is 5.11 Å². The summed E-state index contributed by atoms with van der Waals surface area (Å²) in [6.45, 7) is 4.04. The molecule has 2 aromatic rings. The van der Waals surface area contributed by atoms with Gasteiger partial charge < -0.3 is 10.4 Å². The molecule has 7 heteroatoms. The van der Waals surface area contributed by atoms with Crippen molar-refractivity contribution in [1.82, 2.24) is 20.3 Å². The van der Waals surface area contributed by atoms with Gasteiger partial charge in [0.25, 0.3) is 0 Å². The number of aromatic carboxylic acids is 1. The zero-order valence-corrected chi connectivity index (χ0v) is 10.6. The second-order valence-corrected chi connectivity index (χ2v) is 4.11. The summed E-state index contributed by atoms with van der Waals surface area (Å²) in [5, 5.41) is 19.5. The maximum Gasteiger partial charge on any atom is 0.335 e. The van der Waals surface area contributed by atoms with Gasteiger partial charge in [-0.3, -0.25) is 4.79 Å². The molecule has 7 nitrogen and oxygen atoms in total. The number of nitrogens with zero attached hydrogens (tertiary/aromatic N) is 3.